The number of benzene rings is 1. The highest BCUT2D eigenvalue weighted by molar-refractivity contribution is 7.12. The molecule has 0 N–H and O–H groups in total. The number of amides is 1. The Morgan fingerprint density at radius 2 is 1.94 bits per heavy atom. The summed E-state index contributed by atoms with van der Waals surface area (Å²) in [6, 6.07) is 11.6. The number of anilines is 1. The van der Waals surface area contributed by atoms with Crippen LogP contribution in [-0.2, 0) is 0 Å². The molecule has 0 bridgehead atoms. The number of carbonyl (C=O) groups excluding carboxylic acids is 1. The number of fused-ring (bicyclic) bond motifs is 1. The van der Waals surface area contributed by atoms with Crippen LogP contribution in [0.2, 0.25) is 0 Å². The van der Waals surface area contributed by atoms with Gasteiger partial charge in [0.25, 0.3) is 5.91 Å². The molecule has 0 aliphatic rings. The molecule has 0 atom stereocenters. The van der Waals surface area contributed by atoms with Crippen LogP contribution in [0.15, 0.2) is 42.6 Å². The molecule has 0 aliphatic carbocycles. The van der Waals surface area contributed by atoms with E-state index in [2.05, 4.69) is 38.9 Å². The number of rotatable bonds is 5. The number of aryl methyl sites for hydroxylation is 2. The fraction of sp³-hybridized carbons (Fsp3) is 0.292. The average Bonchev–Trinajstić information content (AvgIpc) is 3.34. The lowest BCUT2D eigenvalue weighted by Crippen LogP contribution is -2.27. The minimum absolute atomic E-state index is 0.125. The zero-order chi connectivity index (χ0) is 22.3. The lowest BCUT2D eigenvalue weighted by atomic mass is 10.1. The summed E-state index contributed by atoms with van der Waals surface area (Å²) in [6.07, 6.45) is 1.74. The van der Waals surface area contributed by atoms with Crippen molar-refractivity contribution in [3.63, 3.8) is 0 Å². The molecule has 4 rings (SSSR count). The van der Waals surface area contributed by atoms with Crippen molar-refractivity contribution in [3.8, 4) is 17.0 Å². The Labute approximate surface area is 186 Å². The number of pyridine rings is 1. The van der Waals surface area contributed by atoms with Gasteiger partial charge in [0.2, 0.25) is 0 Å². The standard InChI is InChI=1S/C24H26N4O2S/c1-14(2)28-23-19(13-25-28)18(12-20(26-23)17-11-15(3)31-16(17)4)24(29)27(5)21-9-7-8-10-22(21)30-6/h7-14H,1-6H3. The van der Waals surface area contributed by atoms with E-state index in [1.807, 2.05) is 35.0 Å². The van der Waals surface area contributed by atoms with Gasteiger partial charge in [0.15, 0.2) is 5.65 Å². The molecule has 6 nitrogen and oxygen atoms in total. The van der Waals surface area contributed by atoms with Crippen LogP contribution >= 0.6 is 11.3 Å². The molecular formula is C24H26N4O2S. The van der Waals surface area contributed by atoms with Gasteiger partial charge in [-0.2, -0.15) is 5.10 Å². The van der Waals surface area contributed by atoms with E-state index in [-0.39, 0.29) is 11.9 Å². The Kier molecular flexibility index (Phi) is 5.54. The van der Waals surface area contributed by atoms with E-state index in [0.717, 1.165) is 16.6 Å². The number of thiophene rings is 1. The molecule has 0 radical (unpaired) electrons. The van der Waals surface area contributed by atoms with E-state index in [9.17, 15) is 4.79 Å². The number of hydrogen-bond donors (Lipinski definition) is 0. The molecule has 0 aliphatic heterocycles. The lowest BCUT2D eigenvalue weighted by molar-refractivity contribution is 0.0994. The molecule has 0 saturated carbocycles. The quantitative estimate of drug-likeness (QED) is 0.408. The Morgan fingerprint density at radius 1 is 1.19 bits per heavy atom. The number of ether oxygens (including phenoxy) is 1. The van der Waals surface area contributed by atoms with Crippen LogP contribution in [0.4, 0.5) is 5.69 Å². The van der Waals surface area contributed by atoms with Crippen LogP contribution in [0, 0.1) is 13.8 Å². The van der Waals surface area contributed by atoms with Crippen molar-refractivity contribution in [1.82, 2.24) is 14.8 Å². The molecule has 0 fully saturated rings. The van der Waals surface area contributed by atoms with Crippen molar-refractivity contribution in [2.24, 2.45) is 0 Å². The maximum atomic E-state index is 13.7. The van der Waals surface area contributed by atoms with Crippen molar-refractivity contribution in [1.29, 1.82) is 0 Å². The van der Waals surface area contributed by atoms with Gasteiger partial charge in [-0.15, -0.1) is 11.3 Å². The minimum atomic E-state index is -0.133. The zero-order valence-electron chi connectivity index (χ0n) is 18.6. The third-order valence-electron chi connectivity index (χ3n) is 5.35. The van der Waals surface area contributed by atoms with Crippen LogP contribution in [0.25, 0.3) is 22.3 Å². The number of aromatic nitrogens is 3. The van der Waals surface area contributed by atoms with E-state index in [1.165, 1.54) is 9.75 Å². The van der Waals surface area contributed by atoms with Crippen molar-refractivity contribution in [2.45, 2.75) is 33.7 Å². The van der Waals surface area contributed by atoms with Gasteiger partial charge in [0.05, 0.1) is 35.6 Å². The Morgan fingerprint density at radius 3 is 2.58 bits per heavy atom. The number of para-hydroxylation sites is 2. The minimum Gasteiger partial charge on any atom is -0.495 e. The van der Waals surface area contributed by atoms with Crippen LogP contribution in [-0.4, -0.2) is 34.8 Å². The molecule has 0 spiro atoms. The third-order valence-corrected chi connectivity index (χ3v) is 6.32. The molecule has 3 aromatic heterocycles. The fourth-order valence-electron chi connectivity index (χ4n) is 3.79. The first-order valence-electron chi connectivity index (χ1n) is 10.2. The summed E-state index contributed by atoms with van der Waals surface area (Å²) in [7, 11) is 3.37. The Bertz CT molecular complexity index is 1270. The fourth-order valence-corrected chi connectivity index (χ4v) is 4.73. The van der Waals surface area contributed by atoms with Crippen LogP contribution in [0.5, 0.6) is 5.75 Å². The summed E-state index contributed by atoms with van der Waals surface area (Å²) in [6.45, 7) is 8.28. The number of nitrogens with zero attached hydrogens (tertiary/aromatic N) is 4. The van der Waals surface area contributed by atoms with Gasteiger partial charge in [-0.3, -0.25) is 4.79 Å². The Balaban J connectivity index is 1.92. The Hall–Kier alpha value is -3.19. The van der Waals surface area contributed by atoms with Crippen LogP contribution in [0.1, 0.15) is 40.0 Å². The van der Waals surface area contributed by atoms with Gasteiger partial charge in [-0.05, 0) is 52.0 Å². The molecule has 4 aromatic rings. The van der Waals surface area contributed by atoms with Gasteiger partial charge in [-0.1, -0.05) is 12.1 Å². The molecule has 1 aromatic carbocycles. The number of hydrogen-bond acceptors (Lipinski definition) is 5. The maximum absolute atomic E-state index is 13.7. The van der Waals surface area contributed by atoms with E-state index < -0.39 is 0 Å². The van der Waals surface area contributed by atoms with Crippen LogP contribution < -0.4 is 9.64 Å². The summed E-state index contributed by atoms with van der Waals surface area (Å²) in [5, 5.41) is 5.27. The average molecular weight is 435 g/mol. The predicted molar refractivity (Wildman–Crippen MR) is 126 cm³/mol. The molecule has 3 heterocycles. The van der Waals surface area contributed by atoms with Crippen molar-refractivity contribution >= 4 is 34.0 Å². The summed E-state index contributed by atoms with van der Waals surface area (Å²) in [4.78, 5) is 22.6. The van der Waals surface area contributed by atoms with Gasteiger partial charge in [0.1, 0.15) is 5.75 Å². The van der Waals surface area contributed by atoms with E-state index in [0.29, 0.717) is 22.6 Å². The van der Waals surface area contributed by atoms with Crippen LogP contribution in [0.3, 0.4) is 0 Å². The van der Waals surface area contributed by atoms with Gasteiger partial charge >= 0.3 is 0 Å². The SMILES string of the molecule is COc1ccccc1N(C)C(=O)c1cc(-c2cc(C)sc2C)nc2c1cnn2C(C)C. The predicted octanol–water partition coefficient (Wildman–Crippen LogP) is 5.64. The van der Waals surface area contributed by atoms with E-state index >= 15 is 0 Å². The second kappa shape index (κ2) is 8.15. The molecular weight excluding hydrogens is 408 g/mol. The lowest BCUT2D eigenvalue weighted by Gasteiger charge is -2.20. The highest BCUT2D eigenvalue weighted by Crippen LogP contribution is 2.34. The topological polar surface area (TPSA) is 60.2 Å². The van der Waals surface area contributed by atoms with Gasteiger partial charge in [0, 0.05) is 28.4 Å². The van der Waals surface area contributed by atoms with Crippen molar-refractivity contribution in [3.05, 3.63) is 57.9 Å². The van der Waals surface area contributed by atoms with E-state index in [1.54, 1.807) is 36.6 Å². The molecule has 0 saturated heterocycles. The summed E-state index contributed by atoms with van der Waals surface area (Å²) < 4.78 is 7.33. The van der Waals surface area contributed by atoms with Gasteiger partial charge in [-0.25, -0.2) is 9.67 Å². The normalized spacial score (nSPS) is 11.3. The second-order valence-corrected chi connectivity index (χ2v) is 9.30. The molecule has 31 heavy (non-hydrogen) atoms. The van der Waals surface area contributed by atoms with Crippen molar-refractivity contribution < 1.29 is 9.53 Å². The monoisotopic (exact) mass is 434 g/mol. The van der Waals surface area contributed by atoms with Gasteiger partial charge < -0.3 is 9.64 Å². The van der Waals surface area contributed by atoms with E-state index in [4.69, 9.17) is 9.72 Å². The first kappa shape index (κ1) is 21.1. The maximum Gasteiger partial charge on any atom is 0.259 e. The first-order chi connectivity index (χ1) is 14.8. The number of methoxy groups -OCH3 is 1. The summed E-state index contributed by atoms with van der Waals surface area (Å²) in [5.41, 5.74) is 3.83. The zero-order valence-corrected chi connectivity index (χ0v) is 19.4. The molecule has 0 unspecified atom stereocenters. The number of carbonyl (C=O) groups is 1. The summed E-state index contributed by atoms with van der Waals surface area (Å²) in [5.74, 6) is 0.511. The second-order valence-electron chi connectivity index (χ2n) is 7.84. The largest absolute Gasteiger partial charge is 0.495 e. The van der Waals surface area contributed by atoms with Crippen molar-refractivity contribution in [2.75, 3.05) is 19.1 Å². The highest BCUT2D eigenvalue weighted by atomic mass is 32.1. The third kappa shape index (κ3) is 3.70. The smallest absolute Gasteiger partial charge is 0.259 e. The molecule has 160 valence electrons. The first-order valence-corrected chi connectivity index (χ1v) is 11.0. The molecule has 1 amide bonds. The highest BCUT2D eigenvalue weighted by Gasteiger charge is 2.23. The summed E-state index contributed by atoms with van der Waals surface area (Å²) >= 11 is 1.73. The molecule has 7 heteroatoms.